The third-order valence-electron chi connectivity index (χ3n) is 3.84. The third-order valence-corrected chi connectivity index (χ3v) is 3.84. The summed E-state index contributed by atoms with van der Waals surface area (Å²) in [6.45, 7) is 4.48. The molecule has 0 fully saturated rings. The summed E-state index contributed by atoms with van der Waals surface area (Å²) in [6, 6.07) is 14.7. The second-order valence-corrected chi connectivity index (χ2v) is 5.85. The number of hydrogen-bond donors (Lipinski definition) is 0. The number of ether oxygens (including phenoxy) is 2. The molecule has 0 spiro atoms. The Hall–Kier alpha value is -3.52. The fourth-order valence-electron chi connectivity index (χ4n) is 2.39. The van der Waals surface area contributed by atoms with Gasteiger partial charge in [0.1, 0.15) is 6.61 Å². The summed E-state index contributed by atoms with van der Waals surface area (Å²) in [5, 5.41) is 8.83. The lowest BCUT2D eigenvalue weighted by atomic mass is 10.1. The molecule has 138 valence electrons. The van der Waals surface area contributed by atoms with E-state index in [2.05, 4.69) is 12.6 Å². The number of amides is 1. The normalized spacial score (nSPS) is 10.3. The largest absolute Gasteiger partial charge is 0.493 e. The van der Waals surface area contributed by atoms with Crippen molar-refractivity contribution in [1.29, 1.82) is 5.26 Å². The monoisotopic (exact) mass is 362 g/mol. The fourth-order valence-corrected chi connectivity index (χ4v) is 2.39. The van der Waals surface area contributed by atoms with Gasteiger partial charge in [0, 0.05) is 19.7 Å². The van der Waals surface area contributed by atoms with Gasteiger partial charge < -0.3 is 14.4 Å². The Morgan fingerprint density at radius 3 is 2.59 bits per heavy atom. The molecule has 2 aromatic carbocycles. The van der Waals surface area contributed by atoms with Crippen LogP contribution in [0.5, 0.6) is 11.5 Å². The van der Waals surface area contributed by atoms with Crippen LogP contribution in [0.4, 0.5) is 0 Å². The van der Waals surface area contributed by atoms with E-state index in [1.54, 1.807) is 49.4 Å². The van der Waals surface area contributed by atoms with Crippen molar-refractivity contribution >= 4 is 12.0 Å². The highest BCUT2D eigenvalue weighted by Crippen LogP contribution is 2.28. The minimum absolute atomic E-state index is 0.120. The highest BCUT2D eigenvalue weighted by Gasteiger charge is 2.07. The van der Waals surface area contributed by atoms with Crippen LogP contribution in [0.25, 0.3) is 6.08 Å². The van der Waals surface area contributed by atoms with E-state index in [1.807, 2.05) is 24.3 Å². The number of likely N-dealkylation sites (N-methyl/N-ethyl adjacent to an activating group) is 1. The highest BCUT2D eigenvalue weighted by atomic mass is 16.5. The average Bonchev–Trinajstić information content (AvgIpc) is 2.71. The molecule has 0 aromatic heterocycles. The van der Waals surface area contributed by atoms with E-state index < -0.39 is 0 Å². The Bertz CT molecular complexity index is 864. The van der Waals surface area contributed by atoms with Gasteiger partial charge >= 0.3 is 0 Å². The van der Waals surface area contributed by atoms with Gasteiger partial charge in [-0.2, -0.15) is 5.26 Å². The first kappa shape index (κ1) is 19.8. The molecular formula is C22H22N2O3. The minimum Gasteiger partial charge on any atom is -0.493 e. The number of carbonyl (C=O) groups excluding carboxylic acids is 1. The standard InChI is InChI=1S/C22H22N2O3/c1-4-13-27-20-11-9-17(14-21(20)26-3)10-12-22(25)24(2)16-19-7-5-18(15-23)6-8-19/h4-12,14H,1,13,16H2,2-3H3/b12-10+. The zero-order chi connectivity index (χ0) is 19.6. The van der Waals surface area contributed by atoms with Gasteiger partial charge in [-0.15, -0.1) is 0 Å². The van der Waals surface area contributed by atoms with E-state index in [0.29, 0.717) is 30.2 Å². The summed E-state index contributed by atoms with van der Waals surface area (Å²) in [5.41, 5.74) is 2.39. The van der Waals surface area contributed by atoms with Gasteiger partial charge in [0.2, 0.25) is 5.91 Å². The fraction of sp³-hybridized carbons (Fsp3) is 0.182. The highest BCUT2D eigenvalue weighted by molar-refractivity contribution is 5.91. The average molecular weight is 362 g/mol. The Balaban J connectivity index is 2.01. The maximum atomic E-state index is 12.3. The molecule has 2 rings (SSSR count). The quantitative estimate of drug-likeness (QED) is 0.529. The Labute approximate surface area is 159 Å². The molecule has 2 aromatic rings. The Morgan fingerprint density at radius 1 is 1.22 bits per heavy atom. The van der Waals surface area contributed by atoms with E-state index in [4.69, 9.17) is 14.7 Å². The molecule has 0 aliphatic carbocycles. The van der Waals surface area contributed by atoms with Gasteiger partial charge in [0.05, 0.1) is 18.7 Å². The van der Waals surface area contributed by atoms with Crippen LogP contribution in [0.1, 0.15) is 16.7 Å². The molecular weight excluding hydrogens is 340 g/mol. The number of benzene rings is 2. The van der Waals surface area contributed by atoms with E-state index in [9.17, 15) is 4.79 Å². The van der Waals surface area contributed by atoms with E-state index in [0.717, 1.165) is 11.1 Å². The lowest BCUT2D eigenvalue weighted by molar-refractivity contribution is -0.125. The molecule has 0 radical (unpaired) electrons. The number of nitrogens with zero attached hydrogens (tertiary/aromatic N) is 2. The predicted molar refractivity (Wildman–Crippen MR) is 105 cm³/mol. The summed E-state index contributed by atoms with van der Waals surface area (Å²) in [7, 11) is 3.30. The molecule has 5 heteroatoms. The Kier molecular flexibility index (Phi) is 7.21. The molecule has 0 unspecified atom stereocenters. The van der Waals surface area contributed by atoms with Gasteiger partial charge in [-0.3, -0.25) is 4.79 Å². The minimum atomic E-state index is -0.120. The van der Waals surface area contributed by atoms with Crippen LogP contribution >= 0.6 is 0 Å². The molecule has 27 heavy (non-hydrogen) atoms. The smallest absolute Gasteiger partial charge is 0.246 e. The van der Waals surface area contributed by atoms with Crippen LogP contribution in [0.15, 0.2) is 61.2 Å². The van der Waals surface area contributed by atoms with Crippen LogP contribution in [0.3, 0.4) is 0 Å². The van der Waals surface area contributed by atoms with Crippen molar-refractivity contribution in [2.24, 2.45) is 0 Å². The summed E-state index contributed by atoms with van der Waals surface area (Å²) >= 11 is 0. The van der Waals surface area contributed by atoms with Crippen LogP contribution < -0.4 is 9.47 Å². The first-order chi connectivity index (χ1) is 13.1. The lowest BCUT2D eigenvalue weighted by Crippen LogP contribution is -2.24. The summed E-state index contributed by atoms with van der Waals surface area (Å²) < 4.78 is 10.8. The number of nitriles is 1. The zero-order valence-electron chi connectivity index (χ0n) is 15.5. The molecule has 0 saturated heterocycles. The Morgan fingerprint density at radius 2 is 1.96 bits per heavy atom. The van der Waals surface area contributed by atoms with Gasteiger partial charge in [-0.1, -0.05) is 30.9 Å². The molecule has 0 heterocycles. The second-order valence-electron chi connectivity index (χ2n) is 5.85. The van der Waals surface area contributed by atoms with Crippen molar-refractivity contribution in [3.8, 4) is 17.6 Å². The van der Waals surface area contributed by atoms with Crippen molar-refractivity contribution < 1.29 is 14.3 Å². The maximum absolute atomic E-state index is 12.3. The number of rotatable bonds is 8. The van der Waals surface area contributed by atoms with Gasteiger partial charge in [0.15, 0.2) is 11.5 Å². The van der Waals surface area contributed by atoms with Crippen LogP contribution in [0.2, 0.25) is 0 Å². The number of methoxy groups -OCH3 is 1. The summed E-state index contributed by atoms with van der Waals surface area (Å²) in [5.74, 6) is 1.10. The molecule has 0 bridgehead atoms. The van der Waals surface area contributed by atoms with Gasteiger partial charge in [0.25, 0.3) is 0 Å². The predicted octanol–water partition coefficient (Wildman–Crippen LogP) is 3.80. The van der Waals surface area contributed by atoms with Crippen molar-refractivity contribution in [2.45, 2.75) is 6.54 Å². The van der Waals surface area contributed by atoms with Crippen LogP contribution in [-0.2, 0) is 11.3 Å². The molecule has 0 N–H and O–H groups in total. The first-order valence-corrected chi connectivity index (χ1v) is 8.41. The first-order valence-electron chi connectivity index (χ1n) is 8.41. The van der Waals surface area contributed by atoms with Gasteiger partial charge in [-0.25, -0.2) is 0 Å². The van der Waals surface area contributed by atoms with Crippen molar-refractivity contribution in [2.75, 3.05) is 20.8 Å². The summed E-state index contributed by atoms with van der Waals surface area (Å²) in [6.07, 6.45) is 4.91. The molecule has 0 aliphatic heterocycles. The molecule has 5 nitrogen and oxygen atoms in total. The third kappa shape index (κ3) is 5.75. The van der Waals surface area contributed by atoms with Crippen LogP contribution in [0, 0.1) is 11.3 Å². The van der Waals surface area contributed by atoms with Crippen molar-refractivity contribution in [3.63, 3.8) is 0 Å². The maximum Gasteiger partial charge on any atom is 0.246 e. The van der Waals surface area contributed by atoms with E-state index in [1.165, 1.54) is 6.08 Å². The zero-order valence-corrected chi connectivity index (χ0v) is 15.5. The van der Waals surface area contributed by atoms with Crippen molar-refractivity contribution in [1.82, 2.24) is 4.90 Å². The van der Waals surface area contributed by atoms with Gasteiger partial charge in [-0.05, 0) is 41.5 Å². The summed E-state index contributed by atoms with van der Waals surface area (Å²) in [4.78, 5) is 13.9. The SMILES string of the molecule is C=CCOc1ccc(/C=C/C(=O)N(C)Cc2ccc(C#N)cc2)cc1OC. The topological polar surface area (TPSA) is 62.6 Å². The molecule has 1 amide bonds. The molecule has 0 aliphatic rings. The lowest BCUT2D eigenvalue weighted by Gasteiger charge is -2.15. The van der Waals surface area contributed by atoms with Crippen molar-refractivity contribution in [3.05, 3.63) is 77.9 Å². The second kappa shape index (κ2) is 9.83. The van der Waals surface area contributed by atoms with Crippen LogP contribution in [-0.4, -0.2) is 31.6 Å². The number of hydrogen-bond acceptors (Lipinski definition) is 4. The van der Waals surface area contributed by atoms with E-state index >= 15 is 0 Å². The molecule has 0 atom stereocenters. The molecule has 0 saturated carbocycles. The number of carbonyl (C=O) groups is 1. The van der Waals surface area contributed by atoms with E-state index in [-0.39, 0.29) is 5.91 Å².